The fraction of sp³-hybridized carbons (Fsp3) is 0.909. The van der Waals surface area contributed by atoms with Crippen molar-refractivity contribution in [2.45, 2.75) is 38.8 Å². The zero-order valence-electron chi connectivity index (χ0n) is 9.51. The molecule has 15 heavy (non-hydrogen) atoms. The zero-order valence-corrected chi connectivity index (χ0v) is 9.51. The van der Waals surface area contributed by atoms with Crippen molar-refractivity contribution < 1.29 is 9.53 Å². The first-order valence-corrected chi connectivity index (χ1v) is 5.68. The van der Waals surface area contributed by atoms with Crippen molar-refractivity contribution in [3.8, 4) is 0 Å². The summed E-state index contributed by atoms with van der Waals surface area (Å²) in [6.07, 6.45) is 1.64. The molecule has 0 aromatic carbocycles. The Labute approximate surface area is 90.8 Å². The van der Waals surface area contributed by atoms with Gasteiger partial charge < -0.3 is 15.4 Å². The molecule has 4 nitrogen and oxygen atoms in total. The number of rotatable bonds is 3. The number of hydrogen-bond acceptors (Lipinski definition) is 3. The summed E-state index contributed by atoms with van der Waals surface area (Å²) in [7, 11) is 0. The lowest BCUT2D eigenvalue weighted by Gasteiger charge is -2.23. The highest BCUT2D eigenvalue weighted by Gasteiger charge is 2.46. The van der Waals surface area contributed by atoms with E-state index in [0.29, 0.717) is 24.5 Å². The molecule has 2 aliphatic rings. The van der Waals surface area contributed by atoms with Gasteiger partial charge in [0.05, 0.1) is 13.2 Å². The van der Waals surface area contributed by atoms with Crippen molar-refractivity contribution in [2.75, 3.05) is 19.8 Å². The highest BCUT2D eigenvalue weighted by atomic mass is 16.5. The van der Waals surface area contributed by atoms with E-state index in [1.54, 1.807) is 0 Å². The molecular weight excluding hydrogens is 192 g/mol. The van der Waals surface area contributed by atoms with Crippen LogP contribution >= 0.6 is 0 Å². The van der Waals surface area contributed by atoms with Crippen LogP contribution in [0.1, 0.15) is 26.7 Å². The zero-order chi connectivity index (χ0) is 10.9. The molecule has 1 saturated heterocycles. The molecule has 2 rings (SSSR count). The van der Waals surface area contributed by atoms with Gasteiger partial charge >= 0.3 is 0 Å². The van der Waals surface area contributed by atoms with E-state index in [4.69, 9.17) is 4.74 Å². The van der Waals surface area contributed by atoms with Crippen LogP contribution in [0.4, 0.5) is 0 Å². The summed E-state index contributed by atoms with van der Waals surface area (Å²) in [4.78, 5) is 11.6. The second-order valence-corrected chi connectivity index (χ2v) is 5.24. The van der Waals surface area contributed by atoms with Crippen molar-refractivity contribution in [1.82, 2.24) is 10.6 Å². The summed E-state index contributed by atoms with van der Waals surface area (Å²) >= 11 is 0. The predicted octanol–water partition coefficient (Wildman–Crippen LogP) is 0.280. The molecule has 0 aromatic heterocycles. The van der Waals surface area contributed by atoms with Gasteiger partial charge in [0.25, 0.3) is 0 Å². The highest BCUT2D eigenvalue weighted by molar-refractivity contribution is 5.77. The number of nitrogens with one attached hydrogen (secondary N) is 2. The molecule has 1 aliphatic carbocycles. The minimum Gasteiger partial charge on any atom is -0.378 e. The summed E-state index contributed by atoms with van der Waals surface area (Å²) in [6, 6.07) is 0.579. The van der Waals surface area contributed by atoms with Crippen molar-refractivity contribution in [2.24, 2.45) is 5.41 Å². The average molecular weight is 212 g/mol. The van der Waals surface area contributed by atoms with Crippen LogP contribution in [0, 0.1) is 5.41 Å². The normalized spacial score (nSPS) is 33.5. The molecule has 2 atom stereocenters. The second-order valence-electron chi connectivity index (χ2n) is 5.24. The molecule has 1 heterocycles. The first-order chi connectivity index (χ1) is 7.08. The maximum absolute atomic E-state index is 11.6. The summed E-state index contributed by atoms with van der Waals surface area (Å²) in [5, 5.41) is 6.34. The van der Waals surface area contributed by atoms with Gasteiger partial charge in [-0.05, 0) is 11.8 Å². The van der Waals surface area contributed by atoms with E-state index < -0.39 is 0 Å². The van der Waals surface area contributed by atoms with E-state index in [2.05, 4.69) is 24.5 Å². The third-order valence-electron chi connectivity index (χ3n) is 3.28. The van der Waals surface area contributed by atoms with Crippen molar-refractivity contribution in [3.05, 3.63) is 0 Å². The first-order valence-electron chi connectivity index (χ1n) is 5.68. The summed E-state index contributed by atoms with van der Waals surface area (Å²) in [5.41, 5.74) is 0.312. The monoisotopic (exact) mass is 212 g/mol. The molecule has 2 fully saturated rings. The van der Waals surface area contributed by atoms with Crippen LogP contribution in [0.2, 0.25) is 0 Å². The molecule has 0 radical (unpaired) electrons. The van der Waals surface area contributed by atoms with E-state index in [-0.39, 0.29) is 11.9 Å². The highest BCUT2D eigenvalue weighted by Crippen LogP contribution is 2.44. The third kappa shape index (κ3) is 2.92. The van der Waals surface area contributed by atoms with Crippen molar-refractivity contribution >= 4 is 5.91 Å². The van der Waals surface area contributed by atoms with Gasteiger partial charge in [-0.25, -0.2) is 0 Å². The fourth-order valence-corrected chi connectivity index (χ4v) is 1.94. The van der Waals surface area contributed by atoms with Crippen LogP contribution in [0.3, 0.4) is 0 Å². The molecule has 86 valence electrons. The van der Waals surface area contributed by atoms with Gasteiger partial charge in [-0.15, -0.1) is 0 Å². The van der Waals surface area contributed by atoms with Gasteiger partial charge in [-0.2, -0.15) is 0 Å². The number of morpholine rings is 1. The van der Waals surface area contributed by atoms with Crippen LogP contribution < -0.4 is 10.6 Å². The maximum atomic E-state index is 11.6. The number of hydrogen-bond donors (Lipinski definition) is 2. The lowest BCUT2D eigenvalue weighted by molar-refractivity contribution is -0.122. The smallest absolute Gasteiger partial charge is 0.221 e. The molecule has 4 heteroatoms. The van der Waals surface area contributed by atoms with E-state index in [0.717, 1.165) is 19.6 Å². The molecular formula is C11H20N2O2. The lowest BCUT2D eigenvalue weighted by Crippen LogP contribution is -2.44. The van der Waals surface area contributed by atoms with Gasteiger partial charge in [-0.1, -0.05) is 13.8 Å². The quantitative estimate of drug-likeness (QED) is 0.706. The Morgan fingerprint density at radius 1 is 1.60 bits per heavy atom. The summed E-state index contributed by atoms with van der Waals surface area (Å²) in [5.74, 6) is 0.147. The Balaban J connectivity index is 1.68. The predicted molar refractivity (Wildman–Crippen MR) is 57.6 cm³/mol. The van der Waals surface area contributed by atoms with Crippen LogP contribution in [0.15, 0.2) is 0 Å². The Bertz CT molecular complexity index is 247. The van der Waals surface area contributed by atoms with E-state index in [9.17, 15) is 4.79 Å². The number of carbonyl (C=O) groups is 1. The minimum absolute atomic E-state index is 0.147. The molecule has 2 N–H and O–H groups in total. The SMILES string of the molecule is CC1(C)CC1NC(=O)CC1COCCN1. The van der Waals surface area contributed by atoms with Crippen LogP contribution in [0.25, 0.3) is 0 Å². The summed E-state index contributed by atoms with van der Waals surface area (Å²) < 4.78 is 5.30. The summed E-state index contributed by atoms with van der Waals surface area (Å²) in [6.45, 7) is 6.63. The van der Waals surface area contributed by atoms with Crippen LogP contribution in [-0.2, 0) is 9.53 Å². The van der Waals surface area contributed by atoms with Crippen LogP contribution in [0.5, 0.6) is 0 Å². The molecule has 1 amide bonds. The molecule has 1 aliphatic heterocycles. The third-order valence-corrected chi connectivity index (χ3v) is 3.28. The Morgan fingerprint density at radius 2 is 2.33 bits per heavy atom. The van der Waals surface area contributed by atoms with Gasteiger partial charge in [0, 0.05) is 25.0 Å². The first kappa shape index (κ1) is 10.9. The van der Waals surface area contributed by atoms with E-state index in [1.807, 2.05) is 0 Å². The minimum atomic E-state index is 0.147. The Kier molecular flexibility index (Phi) is 2.98. The number of carbonyl (C=O) groups excluding carboxylic acids is 1. The fourth-order valence-electron chi connectivity index (χ4n) is 1.94. The van der Waals surface area contributed by atoms with Gasteiger partial charge in [0.15, 0.2) is 0 Å². The average Bonchev–Trinajstić information content (AvgIpc) is 2.74. The topological polar surface area (TPSA) is 50.4 Å². The van der Waals surface area contributed by atoms with E-state index >= 15 is 0 Å². The van der Waals surface area contributed by atoms with Gasteiger partial charge in [0.1, 0.15) is 0 Å². The van der Waals surface area contributed by atoms with Crippen LogP contribution in [-0.4, -0.2) is 37.7 Å². The lowest BCUT2D eigenvalue weighted by atomic mass is 10.1. The molecule has 0 spiro atoms. The largest absolute Gasteiger partial charge is 0.378 e. The molecule has 1 saturated carbocycles. The molecule has 2 unspecified atom stereocenters. The second kappa shape index (κ2) is 4.10. The Hall–Kier alpha value is -0.610. The van der Waals surface area contributed by atoms with Gasteiger partial charge in [0.2, 0.25) is 5.91 Å². The van der Waals surface area contributed by atoms with Gasteiger partial charge in [-0.3, -0.25) is 4.79 Å². The molecule has 0 bridgehead atoms. The standard InChI is InChI=1S/C11H20N2O2/c1-11(2)6-9(11)13-10(14)5-8-7-15-4-3-12-8/h8-9,12H,3-7H2,1-2H3,(H,13,14). The maximum Gasteiger partial charge on any atom is 0.221 e. The van der Waals surface area contributed by atoms with Crippen molar-refractivity contribution in [1.29, 1.82) is 0 Å². The van der Waals surface area contributed by atoms with E-state index in [1.165, 1.54) is 0 Å². The number of amides is 1. The number of ether oxygens (including phenoxy) is 1. The van der Waals surface area contributed by atoms with Crippen molar-refractivity contribution in [3.63, 3.8) is 0 Å². The molecule has 0 aromatic rings. The Morgan fingerprint density at radius 3 is 2.87 bits per heavy atom.